The zero-order chi connectivity index (χ0) is 12.5. The van der Waals surface area contributed by atoms with Gasteiger partial charge in [0.15, 0.2) is 11.5 Å². The van der Waals surface area contributed by atoms with Crippen molar-refractivity contribution in [1.29, 1.82) is 0 Å². The van der Waals surface area contributed by atoms with Gasteiger partial charge in [-0.25, -0.2) is 4.98 Å². The number of ether oxygens (including phenoxy) is 2. The van der Waals surface area contributed by atoms with E-state index in [0.29, 0.717) is 0 Å². The standard InChI is InChI=1S/C13H15N3O2/c1-8(14)4-13-15-6-10(16-13)9-2-3-11-12(5-9)18-7-17-11/h2-3,5-6,8H,4,7,14H2,1H3,(H,15,16). The molecule has 18 heavy (non-hydrogen) atoms. The Hall–Kier alpha value is -2.01. The Morgan fingerprint density at radius 3 is 3.06 bits per heavy atom. The zero-order valence-corrected chi connectivity index (χ0v) is 10.1. The van der Waals surface area contributed by atoms with E-state index in [2.05, 4.69) is 9.97 Å². The molecule has 3 rings (SSSR count). The maximum Gasteiger partial charge on any atom is 0.231 e. The van der Waals surface area contributed by atoms with Gasteiger partial charge in [-0.3, -0.25) is 0 Å². The summed E-state index contributed by atoms with van der Waals surface area (Å²) >= 11 is 0. The molecule has 1 aliphatic heterocycles. The minimum Gasteiger partial charge on any atom is -0.454 e. The van der Waals surface area contributed by atoms with Crippen molar-refractivity contribution in [3.05, 3.63) is 30.2 Å². The first-order valence-electron chi connectivity index (χ1n) is 5.92. The van der Waals surface area contributed by atoms with Gasteiger partial charge in [-0.1, -0.05) is 0 Å². The van der Waals surface area contributed by atoms with Gasteiger partial charge in [0, 0.05) is 18.0 Å². The predicted octanol–water partition coefficient (Wildman–Crippen LogP) is 1.70. The second kappa shape index (κ2) is 4.34. The number of nitrogens with two attached hydrogens (primary N) is 1. The Balaban J connectivity index is 1.88. The molecule has 1 aromatic carbocycles. The normalized spacial score (nSPS) is 14.8. The lowest BCUT2D eigenvalue weighted by atomic mass is 10.1. The largest absolute Gasteiger partial charge is 0.454 e. The van der Waals surface area contributed by atoms with Crippen LogP contribution in [0.2, 0.25) is 0 Å². The summed E-state index contributed by atoms with van der Waals surface area (Å²) in [6.07, 6.45) is 2.56. The van der Waals surface area contributed by atoms with Crippen molar-refractivity contribution in [3.63, 3.8) is 0 Å². The first-order valence-corrected chi connectivity index (χ1v) is 5.92. The second-order valence-corrected chi connectivity index (χ2v) is 4.49. The molecule has 94 valence electrons. The Morgan fingerprint density at radius 1 is 1.39 bits per heavy atom. The van der Waals surface area contributed by atoms with Crippen LogP contribution in [-0.4, -0.2) is 22.8 Å². The fraction of sp³-hybridized carbons (Fsp3) is 0.308. The fourth-order valence-corrected chi connectivity index (χ4v) is 1.98. The van der Waals surface area contributed by atoms with Crippen LogP contribution in [0.1, 0.15) is 12.7 Å². The van der Waals surface area contributed by atoms with Gasteiger partial charge >= 0.3 is 0 Å². The Labute approximate surface area is 105 Å². The van der Waals surface area contributed by atoms with Crippen LogP contribution in [0.15, 0.2) is 24.4 Å². The average molecular weight is 245 g/mol. The molecule has 0 radical (unpaired) electrons. The molecule has 0 saturated carbocycles. The third kappa shape index (κ3) is 2.04. The van der Waals surface area contributed by atoms with Crippen LogP contribution in [0, 0.1) is 0 Å². The van der Waals surface area contributed by atoms with Crippen LogP contribution in [-0.2, 0) is 6.42 Å². The highest BCUT2D eigenvalue weighted by Crippen LogP contribution is 2.35. The van der Waals surface area contributed by atoms with Crippen LogP contribution in [0.4, 0.5) is 0 Å². The predicted molar refractivity (Wildman–Crippen MR) is 67.5 cm³/mol. The van der Waals surface area contributed by atoms with Gasteiger partial charge in [0.1, 0.15) is 5.82 Å². The lowest BCUT2D eigenvalue weighted by molar-refractivity contribution is 0.174. The summed E-state index contributed by atoms with van der Waals surface area (Å²) in [5.74, 6) is 2.46. The molecular formula is C13H15N3O2. The number of aromatic nitrogens is 2. The lowest BCUT2D eigenvalue weighted by Gasteiger charge is -2.02. The third-order valence-corrected chi connectivity index (χ3v) is 2.83. The van der Waals surface area contributed by atoms with Crippen molar-refractivity contribution in [3.8, 4) is 22.8 Å². The molecule has 1 aromatic heterocycles. The summed E-state index contributed by atoms with van der Waals surface area (Å²) in [7, 11) is 0. The van der Waals surface area contributed by atoms with E-state index in [-0.39, 0.29) is 12.8 Å². The summed E-state index contributed by atoms with van der Waals surface area (Å²) in [6.45, 7) is 2.25. The molecular weight excluding hydrogens is 230 g/mol. The minimum absolute atomic E-state index is 0.0979. The van der Waals surface area contributed by atoms with Gasteiger partial charge in [0.05, 0.1) is 11.9 Å². The summed E-state index contributed by atoms with van der Waals surface area (Å²) < 4.78 is 10.6. The highest BCUT2D eigenvalue weighted by atomic mass is 16.7. The van der Waals surface area contributed by atoms with E-state index in [1.54, 1.807) is 0 Å². The number of nitrogens with one attached hydrogen (secondary N) is 1. The number of aromatic amines is 1. The van der Waals surface area contributed by atoms with E-state index >= 15 is 0 Å². The molecule has 0 bridgehead atoms. The van der Waals surface area contributed by atoms with Gasteiger partial charge in [-0.05, 0) is 25.1 Å². The number of fused-ring (bicyclic) bond motifs is 1. The fourth-order valence-electron chi connectivity index (χ4n) is 1.98. The number of hydrogen-bond donors (Lipinski definition) is 2. The van der Waals surface area contributed by atoms with Crippen LogP contribution in [0.25, 0.3) is 11.3 Å². The monoisotopic (exact) mass is 245 g/mol. The first-order chi connectivity index (χ1) is 8.72. The molecule has 1 unspecified atom stereocenters. The highest BCUT2D eigenvalue weighted by molar-refractivity contribution is 5.64. The Bertz CT molecular complexity index is 563. The van der Waals surface area contributed by atoms with Gasteiger partial charge in [-0.2, -0.15) is 0 Å². The number of nitrogens with zero attached hydrogens (tertiary/aromatic N) is 1. The number of hydrogen-bond acceptors (Lipinski definition) is 4. The smallest absolute Gasteiger partial charge is 0.231 e. The van der Waals surface area contributed by atoms with Crippen molar-refractivity contribution >= 4 is 0 Å². The van der Waals surface area contributed by atoms with E-state index in [4.69, 9.17) is 15.2 Å². The van der Waals surface area contributed by atoms with E-state index < -0.39 is 0 Å². The molecule has 5 heteroatoms. The van der Waals surface area contributed by atoms with Gasteiger partial charge in [0.2, 0.25) is 6.79 Å². The lowest BCUT2D eigenvalue weighted by Crippen LogP contribution is -2.18. The minimum atomic E-state index is 0.0979. The van der Waals surface area contributed by atoms with Crippen molar-refractivity contribution in [2.75, 3.05) is 6.79 Å². The zero-order valence-electron chi connectivity index (χ0n) is 10.1. The first kappa shape index (κ1) is 11.1. The van der Waals surface area contributed by atoms with Crippen molar-refractivity contribution in [2.45, 2.75) is 19.4 Å². The molecule has 0 fully saturated rings. The van der Waals surface area contributed by atoms with E-state index in [0.717, 1.165) is 35.0 Å². The Morgan fingerprint density at radius 2 is 2.22 bits per heavy atom. The molecule has 0 aliphatic carbocycles. The maximum absolute atomic E-state index is 5.75. The molecule has 1 aliphatic rings. The number of benzene rings is 1. The van der Waals surface area contributed by atoms with Crippen LogP contribution < -0.4 is 15.2 Å². The SMILES string of the molecule is CC(N)Cc1ncc(-c2ccc3c(c2)OCO3)[nH]1. The van der Waals surface area contributed by atoms with Gasteiger partial charge in [0.25, 0.3) is 0 Å². The van der Waals surface area contributed by atoms with Crippen LogP contribution >= 0.6 is 0 Å². The van der Waals surface area contributed by atoms with E-state index in [1.807, 2.05) is 31.3 Å². The van der Waals surface area contributed by atoms with E-state index in [1.165, 1.54) is 0 Å². The quantitative estimate of drug-likeness (QED) is 0.863. The van der Waals surface area contributed by atoms with Gasteiger partial charge < -0.3 is 20.2 Å². The molecule has 2 aromatic rings. The molecule has 5 nitrogen and oxygen atoms in total. The third-order valence-electron chi connectivity index (χ3n) is 2.83. The van der Waals surface area contributed by atoms with Crippen molar-refractivity contribution in [2.24, 2.45) is 5.73 Å². The van der Waals surface area contributed by atoms with Crippen LogP contribution in [0.3, 0.4) is 0 Å². The molecule has 2 heterocycles. The van der Waals surface area contributed by atoms with Crippen LogP contribution in [0.5, 0.6) is 11.5 Å². The molecule has 0 amide bonds. The summed E-state index contributed by atoms with van der Waals surface area (Å²) in [5, 5.41) is 0. The molecule has 1 atom stereocenters. The highest BCUT2D eigenvalue weighted by Gasteiger charge is 2.14. The molecule has 0 spiro atoms. The molecule has 0 saturated heterocycles. The Kier molecular flexibility index (Phi) is 2.68. The maximum atomic E-state index is 5.75. The molecule has 3 N–H and O–H groups in total. The van der Waals surface area contributed by atoms with E-state index in [9.17, 15) is 0 Å². The number of imidazole rings is 1. The second-order valence-electron chi connectivity index (χ2n) is 4.49. The number of H-pyrrole nitrogens is 1. The van der Waals surface area contributed by atoms with Gasteiger partial charge in [-0.15, -0.1) is 0 Å². The average Bonchev–Trinajstić information content (AvgIpc) is 2.95. The summed E-state index contributed by atoms with van der Waals surface area (Å²) in [6, 6.07) is 5.94. The van der Waals surface area contributed by atoms with Crippen molar-refractivity contribution < 1.29 is 9.47 Å². The topological polar surface area (TPSA) is 73.2 Å². The number of rotatable bonds is 3. The summed E-state index contributed by atoms with van der Waals surface area (Å²) in [5.41, 5.74) is 7.74. The summed E-state index contributed by atoms with van der Waals surface area (Å²) in [4.78, 5) is 7.58. The van der Waals surface area contributed by atoms with Crippen molar-refractivity contribution in [1.82, 2.24) is 9.97 Å².